The molecule has 1 aromatic carbocycles. The fraction of sp³-hybridized carbons (Fsp3) is 0.250. The highest BCUT2D eigenvalue weighted by Crippen LogP contribution is 2.26. The summed E-state index contributed by atoms with van der Waals surface area (Å²) >= 11 is 0. The van der Waals surface area contributed by atoms with Gasteiger partial charge >= 0.3 is 0 Å². The maximum absolute atomic E-state index is 13.8. The fourth-order valence-electron chi connectivity index (χ4n) is 1.86. The zero-order valence-corrected chi connectivity index (χ0v) is 13.5. The number of ether oxygens (including phenoxy) is 2. The van der Waals surface area contributed by atoms with E-state index in [2.05, 4.69) is 15.3 Å². The zero-order valence-electron chi connectivity index (χ0n) is 13.5. The molecule has 2 aromatic rings. The van der Waals surface area contributed by atoms with Gasteiger partial charge in [-0.2, -0.15) is 4.39 Å². The minimum Gasteiger partial charge on any atom is -0.474 e. The number of halogens is 2. The molecular weight excluding hydrogens is 336 g/mol. The van der Waals surface area contributed by atoms with Crippen molar-refractivity contribution in [2.45, 2.75) is 19.9 Å². The summed E-state index contributed by atoms with van der Waals surface area (Å²) in [5.41, 5.74) is -0.409. The molecule has 1 unspecified atom stereocenters. The Kier molecular flexibility index (Phi) is 5.93. The number of carbonyl (C=O) groups is 2. The first-order valence-corrected chi connectivity index (χ1v) is 7.23. The quantitative estimate of drug-likeness (QED) is 0.770. The van der Waals surface area contributed by atoms with Gasteiger partial charge in [0.2, 0.25) is 23.5 Å². The lowest BCUT2D eigenvalue weighted by Crippen LogP contribution is -2.35. The number of amides is 1. The van der Waals surface area contributed by atoms with E-state index < -0.39 is 22.9 Å². The molecule has 1 amide bonds. The molecule has 1 N–H and O–H groups in total. The van der Waals surface area contributed by atoms with E-state index in [9.17, 15) is 18.4 Å². The molecule has 0 aliphatic heterocycles. The number of benzene rings is 1. The number of nitrogens with one attached hydrogen (secondary N) is 1. The molecule has 7 nitrogen and oxygen atoms in total. The van der Waals surface area contributed by atoms with Crippen molar-refractivity contribution in [2.24, 2.45) is 0 Å². The summed E-state index contributed by atoms with van der Waals surface area (Å²) in [6, 6.07) is 1.99. The van der Waals surface area contributed by atoms with E-state index in [-0.39, 0.29) is 36.6 Å². The van der Waals surface area contributed by atoms with E-state index in [0.29, 0.717) is 0 Å². The lowest BCUT2D eigenvalue weighted by atomic mass is 10.2. The van der Waals surface area contributed by atoms with Gasteiger partial charge in [-0.15, -0.1) is 0 Å². The van der Waals surface area contributed by atoms with Gasteiger partial charge in [0.25, 0.3) is 0 Å². The SMILES string of the molecule is CC(=O)NC(C)COc1cnc(Oc2ccc(C=O)c(F)c2F)cn1. The first-order valence-electron chi connectivity index (χ1n) is 7.23. The van der Waals surface area contributed by atoms with Crippen molar-refractivity contribution in [3.63, 3.8) is 0 Å². The molecule has 1 heterocycles. The molecule has 0 aliphatic carbocycles. The fourth-order valence-corrected chi connectivity index (χ4v) is 1.86. The number of hydrogen-bond donors (Lipinski definition) is 1. The number of hydrogen-bond acceptors (Lipinski definition) is 6. The molecule has 0 spiro atoms. The maximum atomic E-state index is 13.8. The van der Waals surface area contributed by atoms with Gasteiger partial charge in [0.1, 0.15) is 6.61 Å². The largest absolute Gasteiger partial charge is 0.474 e. The summed E-state index contributed by atoms with van der Waals surface area (Å²) in [7, 11) is 0. The van der Waals surface area contributed by atoms with Crippen molar-refractivity contribution in [3.05, 3.63) is 41.7 Å². The van der Waals surface area contributed by atoms with Gasteiger partial charge in [0.05, 0.1) is 24.0 Å². The molecule has 1 aromatic heterocycles. The first-order chi connectivity index (χ1) is 11.9. The van der Waals surface area contributed by atoms with Crippen molar-refractivity contribution >= 4 is 12.2 Å². The Balaban J connectivity index is 2.00. The lowest BCUT2D eigenvalue weighted by Gasteiger charge is -2.13. The van der Waals surface area contributed by atoms with Crippen LogP contribution in [-0.2, 0) is 4.79 Å². The lowest BCUT2D eigenvalue weighted by molar-refractivity contribution is -0.119. The van der Waals surface area contributed by atoms with Gasteiger partial charge in [-0.05, 0) is 19.1 Å². The van der Waals surface area contributed by atoms with Crippen LogP contribution in [0.3, 0.4) is 0 Å². The third-order valence-corrected chi connectivity index (χ3v) is 2.95. The number of aldehydes is 1. The topological polar surface area (TPSA) is 90.4 Å². The van der Waals surface area contributed by atoms with E-state index in [1.807, 2.05) is 0 Å². The van der Waals surface area contributed by atoms with Crippen LogP contribution in [0.4, 0.5) is 8.78 Å². The molecule has 0 saturated carbocycles. The van der Waals surface area contributed by atoms with Crippen LogP contribution in [0.5, 0.6) is 17.5 Å². The summed E-state index contributed by atoms with van der Waals surface area (Å²) < 4.78 is 37.7. The van der Waals surface area contributed by atoms with E-state index in [4.69, 9.17) is 9.47 Å². The monoisotopic (exact) mass is 351 g/mol. The second-order valence-corrected chi connectivity index (χ2v) is 5.11. The number of nitrogens with zero attached hydrogens (tertiary/aromatic N) is 2. The van der Waals surface area contributed by atoms with Crippen molar-refractivity contribution in [2.75, 3.05) is 6.61 Å². The predicted molar refractivity (Wildman–Crippen MR) is 82.6 cm³/mol. The van der Waals surface area contributed by atoms with E-state index in [1.54, 1.807) is 6.92 Å². The van der Waals surface area contributed by atoms with Crippen LogP contribution in [0, 0.1) is 11.6 Å². The zero-order chi connectivity index (χ0) is 18.4. The number of aromatic nitrogens is 2. The number of rotatable bonds is 7. The third-order valence-electron chi connectivity index (χ3n) is 2.95. The Morgan fingerprint density at radius 3 is 2.52 bits per heavy atom. The summed E-state index contributed by atoms with van der Waals surface area (Å²) in [4.78, 5) is 29.2. The predicted octanol–water partition coefficient (Wildman–Crippen LogP) is 2.26. The second kappa shape index (κ2) is 8.13. The van der Waals surface area contributed by atoms with E-state index in [1.165, 1.54) is 19.3 Å². The van der Waals surface area contributed by atoms with Crippen LogP contribution in [0.25, 0.3) is 0 Å². The van der Waals surface area contributed by atoms with Crippen LogP contribution in [0.1, 0.15) is 24.2 Å². The van der Waals surface area contributed by atoms with Crippen molar-refractivity contribution in [1.29, 1.82) is 0 Å². The standard InChI is InChI=1S/C16H15F2N3O4/c1-9(21-10(2)23)8-24-13-5-20-14(6-19-13)25-12-4-3-11(7-22)15(17)16(12)18/h3-7,9H,8H2,1-2H3,(H,21,23). The van der Waals surface area contributed by atoms with Crippen LogP contribution in [0.2, 0.25) is 0 Å². The van der Waals surface area contributed by atoms with Crippen molar-refractivity contribution in [3.8, 4) is 17.5 Å². The minimum atomic E-state index is -1.30. The van der Waals surface area contributed by atoms with Gasteiger partial charge in [-0.25, -0.2) is 14.4 Å². The highest BCUT2D eigenvalue weighted by molar-refractivity contribution is 5.75. The van der Waals surface area contributed by atoms with Crippen LogP contribution in [0.15, 0.2) is 24.5 Å². The van der Waals surface area contributed by atoms with Gasteiger partial charge in [0.15, 0.2) is 17.9 Å². The Labute approximate surface area is 142 Å². The molecule has 0 bridgehead atoms. The third kappa shape index (κ3) is 4.93. The Bertz CT molecular complexity index is 769. The van der Waals surface area contributed by atoms with Crippen LogP contribution >= 0.6 is 0 Å². The highest BCUT2D eigenvalue weighted by Gasteiger charge is 2.15. The van der Waals surface area contributed by atoms with Crippen molar-refractivity contribution < 1.29 is 27.8 Å². The molecule has 132 valence electrons. The highest BCUT2D eigenvalue weighted by atomic mass is 19.2. The molecule has 0 fully saturated rings. The Morgan fingerprint density at radius 1 is 1.24 bits per heavy atom. The van der Waals surface area contributed by atoms with Crippen molar-refractivity contribution in [1.82, 2.24) is 15.3 Å². The van der Waals surface area contributed by atoms with Gasteiger partial charge in [-0.1, -0.05) is 0 Å². The molecule has 25 heavy (non-hydrogen) atoms. The first kappa shape index (κ1) is 18.2. The van der Waals surface area contributed by atoms with Crippen LogP contribution in [-0.4, -0.2) is 34.8 Å². The van der Waals surface area contributed by atoms with Crippen LogP contribution < -0.4 is 14.8 Å². The smallest absolute Gasteiger partial charge is 0.238 e. The van der Waals surface area contributed by atoms with E-state index in [0.717, 1.165) is 12.1 Å². The van der Waals surface area contributed by atoms with Gasteiger partial charge in [0, 0.05) is 6.92 Å². The maximum Gasteiger partial charge on any atom is 0.238 e. The molecule has 1 atom stereocenters. The van der Waals surface area contributed by atoms with Gasteiger partial charge in [-0.3, -0.25) is 9.59 Å². The summed E-state index contributed by atoms with van der Waals surface area (Å²) in [5, 5.41) is 2.64. The van der Waals surface area contributed by atoms with E-state index >= 15 is 0 Å². The van der Waals surface area contributed by atoms with Gasteiger partial charge < -0.3 is 14.8 Å². The Hall–Kier alpha value is -3.10. The summed E-state index contributed by atoms with van der Waals surface area (Å²) in [6.45, 7) is 3.33. The molecule has 2 rings (SSSR count). The average molecular weight is 351 g/mol. The minimum absolute atomic E-state index is 0.0839. The average Bonchev–Trinajstić information content (AvgIpc) is 2.58. The normalized spacial score (nSPS) is 11.5. The molecule has 9 heteroatoms. The summed E-state index contributed by atoms with van der Waals surface area (Å²) in [5.74, 6) is -3.11. The summed E-state index contributed by atoms with van der Waals surface area (Å²) in [6.07, 6.45) is 2.61. The molecule has 0 aliphatic rings. The molecule has 0 saturated heterocycles. The molecule has 0 radical (unpaired) electrons. The Morgan fingerprint density at radius 2 is 1.92 bits per heavy atom. The number of carbonyl (C=O) groups excluding carboxylic acids is 2. The second-order valence-electron chi connectivity index (χ2n) is 5.11. The molecular formula is C16H15F2N3O4.